The predicted molar refractivity (Wildman–Crippen MR) is 86.5 cm³/mol. The molecule has 0 fully saturated rings. The number of aromatic nitrogens is 4. The summed E-state index contributed by atoms with van der Waals surface area (Å²) in [5.74, 6) is -0.590. The first-order chi connectivity index (χ1) is 12.1. The van der Waals surface area contributed by atoms with E-state index in [0.29, 0.717) is 18.6 Å². The number of hydrogen-bond acceptors (Lipinski definition) is 5. The van der Waals surface area contributed by atoms with E-state index >= 15 is 0 Å². The second-order valence-corrected chi connectivity index (χ2v) is 6.10. The van der Waals surface area contributed by atoms with Gasteiger partial charge in [-0.15, -0.1) is 0 Å². The van der Waals surface area contributed by atoms with Crippen LogP contribution in [0.25, 0.3) is 5.65 Å². The lowest BCUT2D eigenvalue weighted by Crippen LogP contribution is -2.25. The van der Waals surface area contributed by atoms with E-state index in [1.807, 2.05) is 29.0 Å². The number of carbonyl (C=O) groups is 2. The summed E-state index contributed by atoms with van der Waals surface area (Å²) in [7, 11) is 0. The van der Waals surface area contributed by atoms with E-state index < -0.39 is 11.9 Å². The molecule has 8 nitrogen and oxygen atoms in total. The van der Waals surface area contributed by atoms with Crippen LogP contribution in [0.4, 0.5) is 0 Å². The van der Waals surface area contributed by atoms with Crippen molar-refractivity contribution in [3.8, 4) is 0 Å². The number of esters is 1. The van der Waals surface area contributed by atoms with Gasteiger partial charge < -0.3 is 18.8 Å². The van der Waals surface area contributed by atoms with Crippen molar-refractivity contribution in [1.82, 2.24) is 18.9 Å². The molecule has 1 aliphatic rings. The highest BCUT2D eigenvalue weighted by Gasteiger charge is 2.24. The zero-order valence-corrected chi connectivity index (χ0v) is 13.3. The number of pyridine rings is 1. The topological polar surface area (TPSA) is 98.7 Å². The highest BCUT2D eigenvalue weighted by molar-refractivity contribution is 5.88. The number of rotatable bonds is 4. The van der Waals surface area contributed by atoms with E-state index in [0.717, 1.165) is 12.2 Å². The quantitative estimate of drug-likeness (QED) is 0.725. The van der Waals surface area contributed by atoms with Gasteiger partial charge in [-0.2, -0.15) is 0 Å². The van der Waals surface area contributed by atoms with Crippen molar-refractivity contribution in [1.29, 1.82) is 0 Å². The SMILES string of the molecule is O=C(O)c1cn2c(n1)CCC(COC(=O)c1cn3ccccc3n1)C2. The molecule has 3 aromatic heterocycles. The van der Waals surface area contributed by atoms with Crippen molar-refractivity contribution in [2.75, 3.05) is 6.61 Å². The Morgan fingerprint density at radius 3 is 2.92 bits per heavy atom. The molecule has 0 saturated heterocycles. The second-order valence-electron chi connectivity index (χ2n) is 6.10. The summed E-state index contributed by atoms with van der Waals surface area (Å²) in [6.07, 6.45) is 6.47. The van der Waals surface area contributed by atoms with Crippen molar-refractivity contribution in [2.24, 2.45) is 5.92 Å². The normalized spacial score (nSPS) is 16.6. The first-order valence-corrected chi connectivity index (χ1v) is 8.00. The Labute approximate surface area is 142 Å². The molecule has 0 aliphatic carbocycles. The van der Waals surface area contributed by atoms with Crippen LogP contribution in [0.3, 0.4) is 0 Å². The maximum absolute atomic E-state index is 12.2. The summed E-state index contributed by atoms with van der Waals surface area (Å²) in [4.78, 5) is 31.5. The number of nitrogens with zero attached hydrogens (tertiary/aromatic N) is 4. The number of carbonyl (C=O) groups excluding carboxylic acids is 1. The average molecular weight is 340 g/mol. The molecule has 3 aromatic rings. The number of aromatic carboxylic acids is 1. The minimum atomic E-state index is -1.03. The average Bonchev–Trinajstić information content (AvgIpc) is 3.23. The lowest BCUT2D eigenvalue weighted by atomic mass is 10.0. The van der Waals surface area contributed by atoms with Gasteiger partial charge in [0.15, 0.2) is 11.4 Å². The lowest BCUT2D eigenvalue weighted by molar-refractivity contribution is 0.0403. The van der Waals surface area contributed by atoms with Gasteiger partial charge in [0.1, 0.15) is 11.5 Å². The van der Waals surface area contributed by atoms with Gasteiger partial charge in [-0.3, -0.25) is 0 Å². The summed E-state index contributed by atoms with van der Waals surface area (Å²) in [6.45, 7) is 0.862. The van der Waals surface area contributed by atoms with Gasteiger partial charge in [-0.25, -0.2) is 19.6 Å². The number of carboxylic acid groups (broad SMARTS) is 1. The molecule has 1 atom stereocenters. The number of aryl methyl sites for hydroxylation is 1. The van der Waals surface area contributed by atoms with Crippen molar-refractivity contribution >= 4 is 17.6 Å². The maximum atomic E-state index is 12.2. The smallest absolute Gasteiger partial charge is 0.358 e. The first-order valence-electron chi connectivity index (χ1n) is 8.00. The zero-order valence-electron chi connectivity index (χ0n) is 13.3. The summed E-state index contributed by atoms with van der Waals surface area (Å²) in [5.41, 5.74) is 1.02. The van der Waals surface area contributed by atoms with Crippen LogP contribution in [0.1, 0.15) is 33.2 Å². The molecule has 0 aromatic carbocycles. The third-order valence-corrected chi connectivity index (χ3v) is 4.33. The second kappa shape index (κ2) is 6.04. The van der Waals surface area contributed by atoms with Gasteiger partial charge >= 0.3 is 11.9 Å². The van der Waals surface area contributed by atoms with Gasteiger partial charge in [0, 0.05) is 37.5 Å². The maximum Gasteiger partial charge on any atom is 0.358 e. The highest BCUT2D eigenvalue weighted by atomic mass is 16.5. The van der Waals surface area contributed by atoms with Crippen LogP contribution in [0.5, 0.6) is 0 Å². The molecule has 1 aliphatic heterocycles. The van der Waals surface area contributed by atoms with Crippen LogP contribution in [0, 0.1) is 5.92 Å². The highest BCUT2D eigenvalue weighted by Crippen LogP contribution is 2.21. The molecular formula is C17H16N4O4. The molecule has 1 unspecified atom stereocenters. The number of fused-ring (bicyclic) bond motifs is 2. The number of carboxylic acids is 1. The van der Waals surface area contributed by atoms with E-state index in [-0.39, 0.29) is 23.9 Å². The van der Waals surface area contributed by atoms with Gasteiger partial charge in [-0.05, 0) is 18.6 Å². The zero-order chi connectivity index (χ0) is 17.4. The Morgan fingerprint density at radius 2 is 2.12 bits per heavy atom. The molecule has 4 heterocycles. The van der Waals surface area contributed by atoms with Crippen LogP contribution in [0.15, 0.2) is 36.8 Å². The molecule has 1 N–H and O–H groups in total. The first kappa shape index (κ1) is 15.4. The minimum absolute atomic E-state index is 0.0531. The van der Waals surface area contributed by atoms with E-state index in [1.165, 1.54) is 6.20 Å². The summed E-state index contributed by atoms with van der Waals surface area (Å²) in [6, 6.07) is 5.53. The van der Waals surface area contributed by atoms with Gasteiger partial charge in [0.05, 0.1) is 6.61 Å². The van der Waals surface area contributed by atoms with Crippen molar-refractivity contribution < 1.29 is 19.4 Å². The Morgan fingerprint density at radius 1 is 1.24 bits per heavy atom. The monoisotopic (exact) mass is 340 g/mol. The largest absolute Gasteiger partial charge is 0.476 e. The third-order valence-electron chi connectivity index (χ3n) is 4.33. The van der Waals surface area contributed by atoms with Crippen molar-refractivity contribution in [2.45, 2.75) is 19.4 Å². The fourth-order valence-electron chi connectivity index (χ4n) is 3.05. The molecule has 4 rings (SSSR count). The Kier molecular flexibility index (Phi) is 3.72. The summed E-state index contributed by atoms with van der Waals surface area (Å²) < 4.78 is 9.00. The van der Waals surface area contributed by atoms with Crippen LogP contribution < -0.4 is 0 Å². The molecule has 128 valence electrons. The standard InChI is InChI=1S/C17H16N4O4/c22-16(23)12-8-21-7-11(4-5-15(21)18-12)10-25-17(24)13-9-20-6-2-1-3-14(20)19-13/h1-3,6,8-9,11H,4-5,7,10H2,(H,22,23). The minimum Gasteiger partial charge on any atom is -0.476 e. The molecule has 25 heavy (non-hydrogen) atoms. The summed E-state index contributed by atoms with van der Waals surface area (Å²) in [5, 5.41) is 9.01. The van der Waals surface area contributed by atoms with Crippen molar-refractivity contribution in [3.63, 3.8) is 0 Å². The molecule has 0 bridgehead atoms. The lowest BCUT2D eigenvalue weighted by Gasteiger charge is -2.23. The molecule has 0 saturated carbocycles. The van der Waals surface area contributed by atoms with Crippen LogP contribution in [0.2, 0.25) is 0 Å². The van der Waals surface area contributed by atoms with Gasteiger partial charge in [0.2, 0.25) is 0 Å². The Hall–Kier alpha value is -3.16. The Balaban J connectivity index is 1.39. The van der Waals surface area contributed by atoms with E-state index in [9.17, 15) is 9.59 Å². The van der Waals surface area contributed by atoms with Crippen LogP contribution in [-0.4, -0.2) is 42.6 Å². The number of imidazole rings is 2. The van der Waals surface area contributed by atoms with Crippen molar-refractivity contribution in [3.05, 3.63) is 54.0 Å². The molecule has 0 radical (unpaired) electrons. The fourth-order valence-corrected chi connectivity index (χ4v) is 3.05. The predicted octanol–water partition coefficient (Wildman–Crippen LogP) is 1.65. The molecule has 0 spiro atoms. The number of hydrogen-bond donors (Lipinski definition) is 1. The Bertz CT molecular complexity index is 926. The van der Waals surface area contributed by atoms with E-state index in [4.69, 9.17) is 9.84 Å². The summed E-state index contributed by atoms with van der Waals surface area (Å²) >= 11 is 0. The molecular weight excluding hydrogens is 324 g/mol. The number of ether oxygens (including phenoxy) is 1. The van der Waals surface area contributed by atoms with E-state index in [2.05, 4.69) is 9.97 Å². The van der Waals surface area contributed by atoms with E-state index in [1.54, 1.807) is 10.6 Å². The third kappa shape index (κ3) is 2.98. The molecule has 0 amide bonds. The fraction of sp³-hybridized carbons (Fsp3) is 0.294. The molecule has 8 heteroatoms. The van der Waals surface area contributed by atoms with Gasteiger partial charge in [0.25, 0.3) is 0 Å². The van der Waals surface area contributed by atoms with Crippen LogP contribution in [-0.2, 0) is 17.7 Å². The van der Waals surface area contributed by atoms with Gasteiger partial charge in [-0.1, -0.05) is 6.07 Å². The van der Waals surface area contributed by atoms with Crippen LogP contribution >= 0.6 is 0 Å².